The first-order chi connectivity index (χ1) is 7.24. The maximum Gasteiger partial charge on any atom is 0.140 e. The highest BCUT2D eigenvalue weighted by Crippen LogP contribution is 2.19. The predicted molar refractivity (Wildman–Crippen MR) is 66.0 cm³/mol. The molecule has 2 heteroatoms. The first-order valence-electron chi connectivity index (χ1n) is 5.61. The topological polar surface area (TPSA) is 29.1 Å². The number of likely N-dealkylation sites (N-methyl/N-ethyl adjacent to an activating group) is 1. The molecule has 0 fully saturated rings. The normalized spacial score (nSPS) is 11.0. The maximum atomic E-state index is 11.1. The lowest BCUT2D eigenvalue weighted by atomic mass is 9.88. The van der Waals surface area contributed by atoms with Crippen LogP contribution >= 0.6 is 0 Å². The van der Waals surface area contributed by atoms with Crippen molar-refractivity contribution in [3.05, 3.63) is 25.3 Å². The highest BCUT2D eigenvalue weighted by Gasteiger charge is 2.25. The van der Waals surface area contributed by atoms with Gasteiger partial charge in [0.15, 0.2) is 0 Å². The minimum atomic E-state index is -0.341. The van der Waals surface area contributed by atoms with Crippen molar-refractivity contribution in [1.82, 2.24) is 5.32 Å². The Morgan fingerprint density at radius 1 is 1.13 bits per heavy atom. The SMILES string of the molecule is C=CCCCC(C=O)(CCCC=C)NC. The Morgan fingerprint density at radius 2 is 1.60 bits per heavy atom. The van der Waals surface area contributed by atoms with E-state index in [1.54, 1.807) is 0 Å². The third-order valence-electron chi connectivity index (χ3n) is 2.79. The number of unbranched alkanes of at least 4 members (excludes halogenated alkanes) is 2. The van der Waals surface area contributed by atoms with Gasteiger partial charge in [-0.25, -0.2) is 0 Å². The van der Waals surface area contributed by atoms with Crippen LogP contribution in [0, 0.1) is 0 Å². The summed E-state index contributed by atoms with van der Waals surface area (Å²) < 4.78 is 0. The second kappa shape index (κ2) is 8.42. The second-order valence-electron chi connectivity index (χ2n) is 3.89. The van der Waals surface area contributed by atoms with E-state index in [2.05, 4.69) is 18.5 Å². The van der Waals surface area contributed by atoms with Crippen molar-refractivity contribution in [3.63, 3.8) is 0 Å². The molecule has 0 bridgehead atoms. The van der Waals surface area contributed by atoms with Crippen molar-refractivity contribution < 1.29 is 4.79 Å². The average molecular weight is 209 g/mol. The number of aldehydes is 1. The zero-order valence-corrected chi connectivity index (χ0v) is 9.80. The molecule has 0 rings (SSSR count). The summed E-state index contributed by atoms with van der Waals surface area (Å²) in [5, 5.41) is 3.15. The Hall–Kier alpha value is -0.890. The number of allylic oxidation sites excluding steroid dienone is 2. The molecular formula is C13H23NO. The van der Waals surface area contributed by atoms with Crippen LogP contribution in [-0.2, 0) is 4.79 Å². The van der Waals surface area contributed by atoms with Crippen LogP contribution < -0.4 is 5.32 Å². The molecule has 0 unspecified atom stereocenters. The first kappa shape index (κ1) is 14.1. The molecule has 15 heavy (non-hydrogen) atoms. The third-order valence-corrected chi connectivity index (χ3v) is 2.79. The Morgan fingerprint density at radius 3 is 1.87 bits per heavy atom. The van der Waals surface area contributed by atoms with Gasteiger partial charge in [0.1, 0.15) is 6.29 Å². The van der Waals surface area contributed by atoms with Crippen LogP contribution in [0.1, 0.15) is 38.5 Å². The van der Waals surface area contributed by atoms with E-state index in [1.165, 1.54) is 0 Å². The van der Waals surface area contributed by atoms with Crippen molar-refractivity contribution in [3.8, 4) is 0 Å². The molecule has 0 heterocycles. The van der Waals surface area contributed by atoms with Crippen LogP contribution in [0.4, 0.5) is 0 Å². The van der Waals surface area contributed by atoms with Gasteiger partial charge in [0.05, 0.1) is 5.54 Å². The van der Waals surface area contributed by atoms with Gasteiger partial charge in [0.2, 0.25) is 0 Å². The fourth-order valence-electron chi connectivity index (χ4n) is 1.68. The number of carbonyl (C=O) groups is 1. The molecule has 0 spiro atoms. The van der Waals surface area contributed by atoms with Crippen molar-refractivity contribution in [2.75, 3.05) is 7.05 Å². The van der Waals surface area contributed by atoms with Gasteiger partial charge < -0.3 is 10.1 Å². The maximum absolute atomic E-state index is 11.1. The van der Waals surface area contributed by atoms with E-state index in [-0.39, 0.29) is 5.54 Å². The zero-order chi connectivity index (χ0) is 11.6. The molecule has 0 atom stereocenters. The predicted octanol–water partition coefficient (Wildman–Crippen LogP) is 2.86. The van der Waals surface area contributed by atoms with E-state index in [9.17, 15) is 4.79 Å². The van der Waals surface area contributed by atoms with Crippen LogP contribution in [0.25, 0.3) is 0 Å². The van der Waals surface area contributed by atoms with E-state index in [0.29, 0.717) is 0 Å². The summed E-state index contributed by atoms with van der Waals surface area (Å²) in [5.74, 6) is 0. The van der Waals surface area contributed by atoms with Gasteiger partial charge in [-0.1, -0.05) is 12.2 Å². The fraction of sp³-hybridized carbons (Fsp3) is 0.615. The zero-order valence-electron chi connectivity index (χ0n) is 9.80. The van der Waals surface area contributed by atoms with Crippen molar-refractivity contribution >= 4 is 6.29 Å². The summed E-state index contributed by atoms with van der Waals surface area (Å²) in [6.07, 6.45) is 10.6. The minimum absolute atomic E-state index is 0.341. The van der Waals surface area contributed by atoms with Crippen LogP contribution in [0.5, 0.6) is 0 Å². The number of rotatable bonds is 10. The number of nitrogens with one attached hydrogen (secondary N) is 1. The molecule has 0 saturated carbocycles. The van der Waals surface area contributed by atoms with E-state index >= 15 is 0 Å². The van der Waals surface area contributed by atoms with E-state index in [4.69, 9.17) is 0 Å². The Balaban J connectivity index is 4.09. The van der Waals surface area contributed by atoms with Gasteiger partial charge in [0, 0.05) is 0 Å². The summed E-state index contributed by atoms with van der Waals surface area (Å²) in [6, 6.07) is 0. The molecular weight excluding hydrogens is 186 g/mol. The molecule has 1 N–H and O–H groups in total. The highest BCUT2D eigenvalue weighted by atomic mass is 16.1. The molecule has 2 nitrogen and oxygen atoms in total. The molecule has 0 aromatic heterocycles. The lowest BCUT2D eigenvalue weighted by Crippen LogP contribution is -2.44. The molecule has 0 aliphatic rings. The average Bonchev–Trinajstić information content (AvgIpc) is 2.28. The molecule has 0 saturated heterocycles. The summed E-state index contributed by atoms with van der Waals surface area (Å²) in [6.45, 7) is 7.37. The summed E-state index contributed by atoms with van der Waals surface area (Å²) in [4.78, 5) is 11.1. The van der Waals surface area contributed by atoms with Gasteiger partial charge in [0.25, 0.3) is 0 Å². The lowest BCUT2D eigenvalue weighted by Gasteiger charge is -2.27. The Kier molecular flexibility index (Phi) is 7.92. The fourth-order valence-corrected chi connectivity index (χ4v) is 1.68. The monoisotopic (exact) mass is 209 g/mol. The molecule has 0 aromatic rings. The van der Waals surface area contributed by atoms with Gasteiger partial charge >= 0.3 is 0 Å². The Labute approximate surface area is 93.5 Å². The number of carbonyl (C=O) groups excluding carboxylic acids is 1. The molecule has 0 radical (unpaired) electrons. The minimum Gasteiger partial charge on any atom is -0.308 e. The molecule has 86 valence electrons. The largest absolute Gasteiger partial charge is 0.308 e. The van der Waals surface area contributed by atoms with Crippen LogP contribution in [-0.4, -0.2) is 18.9 Å². The summed E-state index contributed by atoms with van der Waals surface area (Å²) >= 11 is 0. The summed E-state index contributed by atoms with van der Waals surface area (Å²) in [5.41, 5.74) is -0.341. The molecule has 0 aliphatic carbocycles. The van der Waals surface area contributed by atoms with Gasteiger partial charge in [-0.3, -0.25) is 0 Å². The third kappa shape index (κ3) is 5.53. The number of hydrogen-bond acceptors (Lipinski definition) is 2. The van der Waals surface area contributed by atoms with Crippen LogP contribution in [0.2, 0.25) is 0 Å². The highest BCUT2D eigenvalue weighted by molar-refractivity contribution is 5.64. The van der Waals surface area contributed by atoms with Gasteiger partial charge in [-0.2, -0.15) is 0 Å². The smallest absolute Gasteiger partial charge is 0.140 e. The summed E-state index contributed by atoms with van der Waals surface area (Å²) in [7, 11) is 1.86. The number of hydrogen-bond donors (Lipinski definition) is 1. The van der Waals surface area contributed by atoms with Gasteiger partial charge in [-0.15, -0.1) is 13.2 Å². The van der Waals surface area contributed by atoms with Gasteiger partial charge in [-0.05, 0) is 45.6 Å². The standard InChI is InChI=1S/C13H23NO/c1-4-6-8-10-13(12-15,14-3)11-9-7-5-2/h4-5,12,14H,1-2,6-11H2,3H3. The van der Waals surface area contributed by atoms with Crippen LogP contribution in [0.15, 0.2) is 25.3 Å². The molecule has 0 amide bonds. The van der Waals surface area contributed by atoms with E-state index in [1.807, 2.05) is 19.2 Å². The van der Waals surface area contributed by atoms with Crippen molar-refractivity contribution in [1.29, 1.82) is 0 Å². The quantitative estimate of drug-likeness (QED) is 0.340. The van der Waals surface area contributed by atoms with E-state index in [0.717, 1.165) is 44.8 Å². The lowest BCUT2D eigenvalue weighted by molar-refractivity contribution is -0.113. The first-order valence-corrected chi connectivity index (χ1v) is 5.61. The second-order valence-corrected chi connectivity index (χ2v) is 3.89. The molecule has 0 aromatic carbocycles. The van der Waals surface area contributed by atoms with Crippen molar-refractivity contribution in [2.45, 2.75) is 44.1 Å². The van der Waals surface area contributed by atoms with E-state index < -0.39 is 0 Å². The Bertz CT molecular complexity index is 185. The van der Waals surface area contributed by atoms with Crippen molar-refractivity contribution in [2.24, 2.45) is 0 Å². The molecule has 0 aliphatic heterocycles. The van der Waals surface area contributed by atoms with Crippen LogP contribution in [0.3, 0.4) is 0 Å².